The van der Waals surface area contributed by atoms with Crippen LogP contribution >= 0.6 is 11.6 Å². The Balaban J connectivity index is 2.50. The van der Waals surface area contributed by atoms with Crippen LogP contribution in [0.25, 0.3) is 11.5 Å². The number of halogens is 2. The molecule has 2 rings (SSSR count). The van der Waals surface area contributed by atoms with Crippen LogP contribution in [-0.2, 0) is 0 Å². The Hall–Kier alpha value is -1.46. The average Bonchev–Trinajstić information content (AvgIpc) is 2.66. The Morgan fingerprint density at radius 2 is 2.25 bits per heavy atom. The Bertz CT molecular complexity index is 492. The van der Waals surface area contributed by atoms with Gasteiger partial charge in [-0.15, -0.1) is 0 Å². The van der Waals surface area contributed by atoms with Gasteiger partial charge in [0, 0.05) is 0 Å². The molecular formula is C10H9ClFN3O. The topological polar surface area (TPSA) is 64.9 Å². The molecule has 84 valence electrons. The number of rotatable bonds is 2. The maximum absolute atomic E-state index is 13.5. The second-order valence-electron chi connectivity index (χ2n) is 3.34. The number of hydrogen-bond donors (Lipinski definition) is 1. The smallest absolute Gasteiger partial charge is 0.262 e. The van der Waals surface area contributed by atoms with Crippen molar-refractivity contribution in [1.82, 2.24) is 10.1 Å². The molecule has 1 heterocycles. The minimum absolute atomic E-state index is 0.0374. The highest BCUT2D eigenvalue weighted by Gasteiger charge is 2.17. The number of aromatic nitrogens is 2. The van der Waals surface area contributed by atoms with Crippen molar-refractivity contribution in [1.29, 1.82) is 0 Å². The highest BCUT2D eigenvalue weighted by Crippen LogP contribution is 2.29. The molecule has 0 fully saturated rings. The molecule has 1 unspecified atom stereocenters. The van der Waals surface area contributed by atoms with Crippen LogP contribution in [0.1, 0.15) is 18.8 Å². The van der Waals surface area contributed by atoms with Crippen molar-refractivity contribution in [3.63, 3.8) is 0 Å². The number of nitrogens with two attached hydrogens (primary N) is 1. The molecule has 1 aromatic heterocycles. The van der Waals surface area contributed by atoms with Crippen LogP contribution in [0.2, 0.25) is 5.02 Å². The Kier molecular flexibility index (Phi) is 2.89. The Morgan fingerprint density at radius 3 is 2.81 bits per heavy atom. The molecule has 0 amide bonds. The van der Waals surface area contributed by atoms with Crippen LogP contribution < -0.4 is 5.73 Å². The van der Waals surface area contributed by atoms with E-state index in [-0.39, 0.29) is 22.5 Å². The normalized spacial score (nSPS) is 12.8. The molecule has 0 bridgehead atoms. The summed E-state index contributed by atoms with van der Waals surface area (Å²) in [5.74, 6) is -0.155. The van der Waals surface area contributed by atoms with E-state index in [1.165, 1.54) is 12.1 Å². The van der Waals surface area contributed by atoms with Crippen molar-refractivity contribution >= 4 is 11.6 Å². The van der Waals surface area contributed by atoms with Gasteiger partial charge in [0.25, 0.3) is 5.89 Å². The highest BCUT2D eigenvalue weighted by molar-refractivity contribution is 6.33. The van der Waals surface area contributed by atoms with Crippen LogP contribution in [-0.4, -0.2) is 10.1 Å². The summed E-state index contributed by atoms with van der Waals surface area (Å²) < 4.78 is 18.4. The minimum Gasteiger partial charge on any atom is -0.334 e. The third kappa shape index (κ3) is 1.91. The monoisotopic (exact) mass is 241 g/mol. The molecular weight excluding hydrogens is 233 g/mol. The molecule has 0 radical (unpaired) electrons. The lowest BCUT2D eigenvalue weighted by Crippen LogP contribution is -2.06. The van der Waals surface area contributed by atoms with Gasteiger partial charge in [0.2, 0.25) is 0 Å². The summed E-state index contributed by atoms with van der Waals surface area (Å²) in [5.41, 5.74) is 5.67. The second kappa shape index (κ2) is 4.19. The molecule has 0 aliphatic carbocycles. The molecule has 2 N–H and O–H groups in total. The van der Waals surface area contributed by atoms with Gasteiger partial charge in [-0.05, 0) is 19.1 Å². The fourth-order valence-electron chi connectivity index (χ4n) is 1.22. The van der Waals surface area contributed by atoms with E-state index in [0.717, 1.165) is 0 Å². The first-order valence-corrected chi connectivity index (χ1v) is 5.01. The van der Waals surface area contributed by atoms with Gasteiger partial charge in [0.15, 0.2) is 5.82 Å². The SMILES string of the molecule is CC(N)c1noc(-c2c(F)cccc2Cl)n1. The lowest BCUT2D eigenvalue weighted by Gasteiger charge is -1.99. The van der Waals surface area contributed by atoms with Crippen LogP contribution in [0.3, 0.4) is 0 Å². The molecule has 1 aromatic carbocycles. The van der Waals surface area contributed by atoms with Crippen LogP contribution in [0, 0.1) is 5.82 Å². The van der Waals surface area contributed by atoms with Crippen molar-refractivity contribution in [3.05, 3.63) is 34.9 Å². The van der Waals surface area contributed by atoms with Crippen molar-refractivity contribution in [2.45, 2.75) is 13.0 Å². The number of nitrogens with zero attached hydrogens (tertiary/aromatic N) is 2. The van der Waals surface area contributed by atoms with E-state index in [1.807, 2.05) is 0 Å². The first-order valence-electron chi connectivity index (χ1n) is 4.63. The van der Waals surface area contributed by atoms with E-state index in [0.29, 0.717) is 5.82 Å². The zero-order chi connectivity index (χ0) is 11.7. The van der Waals surface area contributed by atoms with Gasteiger partial charge < -0.3 is 10.3 Å². The third-order valence-electron chi connectivity index (χ3n) is 2.03. The Morgan fingerprint density at radius 1 is 1.50 bits per heavy atom. The molecule has 1 atom stereocenters. The predicted octanol–water partition coefficient (Wildman–Crippen LogP) is 2.55. The van der Waals surface area contributed by atoms with Crippen molar-refractivity contribution in [2.24, 2.45) is 5.73 Å². The van der Waals surface area contributed by atoms with Crippen LogP contribution in [0.5, 0.6) is 0 Å². The van der Waals surface area contributed by atoms with E-state index in [1.54, 1.807) is 13.0 Å². The van der Waals surface area contributed by atoms with Crippen LogP contribution in [0.15, 0.2) is 22.7 Å². The molecule has 0 saturated heterocycles. The van der Waals surface area contributed by atoms with Crippen LogP contribution in [0.4, 0.5) is 4.39 Å². The van der Waals surface area contributed by atoms with Gasteiger partial charge in [-0.1, -0.05) is 22.8 Å². The van der Waals surface area contributed by atoms with Gasteiger partial charge in [-0.25, -0.2) is 4.39 Å². The number of benzene rings is 1. The molecule has 2 aromatic rings. The van der Waals surface area contributed by atoms with E-state index < -0.39 is 5.82 Å². The van der Waals surface area contributed by atoms with E-state index in [9.17, 15) is 4.39 Å². The zero-order valence-electron chi connectivity index (χ0n) is 8.45. The molecule has 0 saturated carbocycles. The first-order chi connectivity index (χ1) is 7.59. The highest BCUT2D eigenvalue weighted by atomic mass is 35.5. The lowest BCUT2D eigenvalue weighted by molar-refractivity contribution is 0.416. The zero-order valence-corrected chi connectivity index (χ0v) is 9.20. The molecule has 4 nitrogen and oxygen atoms in total. The maximum Gasteiger partial charge on any atom is 0.262 e. The summed E-state index contributed by atoms with van der Waals surface area (Å²) in [7, 11) is 0. The Labute approximate surface area is 96.2 Å². The minimum atomic E-state index is -0.507. The van der Waals surface area contributed by atoms with Crippen molar-refractivity contribution in [2.75, 3.05) is 0 Å². The van der Waals surface area contributed by atoms with Gasteiger partial charge >= 0.3 is 0 Å². The van der Waals surface area contributed by atoms with Gasteiger partial charge in [0.05, 0.1) is 16.6 Å². The largest absolute Gasteiger partial charge is 0.334 e. The van der Waals surface area contributed by atoms with Gasteiger partial charge in [-0.2, -0.15) is 4.98 Å². The van der Waals surface area contributed by atoms with Gasteiger partial charge in [0.1, 0.15) is 5.82 Å². The fraction of sp³-hybridized carbons (Fsp3) is 0.200. The number of hydrogen-bond acceptors (Lipinski definition) is 4. The quantitative estimate of drug-likeness (QED) is 0.878. The summed E-state index contributed by atoms with van der Waals surface area (Å²) in [6.45, 7) is 1.71. The summed E-state index contributed by atoms with van der Waals surface area (Å²) in [5, 5.41) is 3.86. The van der Waals surface area contributed by atoms with Gasteiger partial charge in [-0.3, -0.25) is 0 Å². The van der Waals surface area contributed by atoms with E-state index in [2.05, 4.69) is 10.1 Å². The molecule has 0 aliphatic rings. The summed E-state index contributed by atoms with van der Waals surface area (Å²) in [4.78, 5) is 3.97. The standard InChI is InChI=1S/C10H9ClFN3O/c1-5(13)9-14-10(16-15-9)8-6(11)3-2-4-7(8)12/h2-5H,13H2,1H3. The predicted molar refractivity (Wildman–Crippen MR) is 57.3 cm³/mol. The first kappa shape index (κ1) is 11.0. The molecule has 0 aliphatic heterocycles. The van der Waals surface area contributed by atoms with Crippen molar-refractivity contribution < 1.29 is 8.91 Å². The lowest BCUT2D eigenvalue weighted by atomic mass is 10.2. The summed E-state index contributed by atoms with van der Waals surface area (Å²) >= 11 is 5.85. The maximum atomic E-state index is 13.5. The average molecular weight is 242 g/mol. The van der Waals surface area contributed by atoms with Crippen molar-refractivity contribution in [3.8, 4) is 11.5 Å². The second-order valence-corrected chi connectivity index (χ2v) is 3.75. The third-order valence-corrected chi connectivity index (χ3v) is 2.34. The molecule has 6 heteroatoms. The fourth-order valence-corrected chi connectivity index (χ4v) is 1.47. The molecule has 16 heavy (non-hydrogen) atoms. The summed E-state index contributed by atoms with van der Waals surface area (Å²) in [6, 6.07) is 3.96. The molecule has 0 spiro atoms. The van der Waals surface area contributed by atoms with E-state index >= 15 is 0 Å². The summed E-state index contributed by atoms with van der Waals surface area (Å²) in [6.07, 6.45) is 0. The van der Waals surface area contributed by atoms with E-state index in [4.69, 9.17) is 21.9 Å².